The highest BCUT2D eigenvalue weighted by molar-refractivity contribution is 5.25. The highest BCUT2D eigenvalue weighted by atomic mass is 16.6. The monoisotopic (exact) mass is 251 g/mol. The van der Waals surface area contributed by atoms with Crippen LogP contribution in [-0.2, 0) is 15.9 Å². The first-order valence-corrected chi connectivity index (χ1v) is 6.45. The molecule has 1 aromatic rings. The van der Waals surface area contributed by atoms with Gasteiger partial charge in [-0.25, -0.2) is 9.97 Å². The maximum absolute atomic E-state index is 5.62. The second kappa shape index (κ2) is 6.22. The maximum Gasteiger partial charge on any atom is 0.160 e. The van der Waals surface area contributed by atoms with Gasteiger partial charge in [0.05, 0.1) is 19.8 Å². The number of aromatic nitrogens is 2. The summed E-state index contributed by atoms with van der Waals surface area (Å²) in [5.74, 6) is 0.737. The highest BCUT2D eigenvalue weighted by Crippen LogP contribution is 2.20. The zero-order valence-electron chi connectivity index (χ0n) is 11.1. The van der Waals surface area contributed by atoms with E-state index in [2.05, 4.69) is 9.97 Å². The molecular formula is C13H21N3O2. The third-order valence-corrected chi connectivity index (χ3v) is 3.17. The molecule has 2 N–H and O–H groups in total. The van der Waals surface area contributed by atoms with Crippen molar-refractivity contribution in [1.29, 1.82) is 0 Å². The van der Waals surface area contributed by atoms with E-state index in [1.165, 1.54) is 5.56 Å². The van der Waals surface area contributed by atoms with Crippen molar-refractivity contribution in [1.82, 2.24) is 9.97 Å². The van der Waals surface area contributed by atoms with Crippen LogP contribution in [0.3, 0.4) is 0 Å². The van der Waals surface area contributed by atoms with Crippen molar-refractivity contribution in [2.75, 3.05) is 26.4 Å². The van der Waals surface area contributed by atoms with Crippen LogP contribution in [0.2, 0.25) is 0 Å². The molecule has 1 atom stereocenters. The molecule has 1 saturated heterocycles. The fraction of sp³-hybridized carbons (Fsp3) is 0.692. The highest BCUT2D eigenvalue weighted by Gasteiger charge is 2.21. The summed E-state index contributed by atoms with van der Waals surface area (Å²) in [5.41, 5.74) is 8.81. The van der Waals surface area contributed by atoms with Gasteiger partial charge in [-0.15, -0.1) is 0 Å². The molecule has 0 aliphatic carbocycles. The first kappa shape index (κ1) is 13.4. The van der Waals surface area contributed by atoms with Crippen LogP contribution in [0.4, 0.5) is 0 Å². The van der Waals surface area contributed by atoms with E-state index in [1.54, 1.807) is 0 Å². The Kier molecular flexibility index (Phi) is 4.63. The van der Waals surface area contributed by atoms with Crippen LogP contribution < -0.4 is 5.73 Å². The van der Waals surface area contributed by atoms with Gasteiger partial charge in [0.25, 0.3) is 0 Å². The molecule has 1 aliphatic heterocycles. The molecule has 100 valence electrons. The Bertz CT molecular complexity index is 380. The average molecular weight is 251 g/mol. The van der Waals surface area contributed by atoms with Gasteiger partial charge in [0, 0.05) is 11.4 Å². The van der Waals surface area contributed by atoms with Crippen LogP contribution >= 0.6 is 0 Å². The van der Waals surface area contributed by atoms with Gasteiger partial charge in [0.2, 0.25) is 0 Å². The van der Waals surface area contributed by atoms with E-state index >= 15 is 0 Å². The lowest BCUT2D eigenvalue weighted by Crippen LogP contribution is -2.24. The Morgan fingerprint density at radius 2 is 1.94 bits per heavy atom. The van der Waals surface area contributed by atoms with Gasteiger partial charge in [-0.3, -0.25) is 0 Å². The average Bonchev–Trinajstić information content (AvgIpc) is 2.39. The summed E-state index contributed by atoms with van der Waals surface area (Å²) in [7, 11) is 0. The second-order valence-corrected chi connectivity index (χ2v) is 4.56. The summed E-state index contributed by atoms with van der Waals surface area (Å²) in [6.07, 6.45) is 1.78. The Balaban J connectivity index is 2.18. The van der Waals surface area contributed by atoms with Crippen molar-refractivity contribution in [3.05, 3.63) is 22.8 Å². The molecular weight excluding hydrogens is 230 g/mol. The molecule has 0 bridgehead atoms. The normalized spacial score (nSPS) is 20.1. The standard InChI is InChI=1S/C13H21N3O2/c1-9-11(4-3-5-14)10(2)16-13(15-9)12-8-17-6-7-18-12/h12H,3-8,14H2,1-2H3. The Hall–Kier alpha value is -1.04. The van der Waals surface area contributed by atoms with E-state index in [0.717, 1.165) is 30.1 Å². The molecule has 0 radical (unpaired) electrons. The molecule has 1 unspecified atom stereocenters. The number of ether oxygens (including phenoxy) is 2. The van der Waals surface area contributed by atoms with E-state index in [0.29, 0.717) is 26.4 Å². The van der Waals surface area contributed by atoms with Crippen LogP contribution in [-0.4, -0.2) is 36.3 Å². The van der Waals surface area contributed by atoms with E-state index in [4.69, 9.17) is 15.2 Å². The van der Waals surface area contributed by atoms with Gasteiger partial charge >= 0.3 is 0 Å². The Morgan fingerprint density at radius 1 is 1.22 bits per heavy atom. The zero-order valence-corrected chi connectivity index (χ0v) is 11.1. The number of aryl methyl sites for hydroxylation is 2. The lowest BCUT2D eigenvalue weighted by molar-refractivity contribution is -0.0936. The van der Waals surface area contributed by atoms with Crippen LogP contribution in [0.25, 0.3) is 0 Å². The first-order valence-electron chi connectivity index (χ1n) is 6.45. The van der Waals surface area contributed by atoms with Crippen molar-refractivity contribution >= 4 is 0 Å². The van der Waals surface area contributed by atoms with Crippen LogP contribution in [0.15, 0.2) is 0 Å². The molecule has 5 nitrogen and oxygen atoms in total. The smallest absolute Gasteiger partial charge is 0.160 e. The first-order chi connectivity index (χ1) is 8.72. The molecule has 1 aliphatic rings. The molecule has 1 fully saturated rings. The van der Waals surface area contributed by atoms with Gasteiger partial charge in [-0.1, -0.05) is 0 Å². The van der Waals surface area contributed by atoms with Crippen molar-refractivity contribution in [2.24, 2.45) is 5.73 Å². The van der Waals surface area contributed by atoms with Crippen molar-refractivity contribution < 1.29 is 9.47 Å². The number of nitrogens with zero attached hydrogens (tertiary/aromatic N) is 2. The van der Waals surface area contributed by atoms with Crippen molar-refractivity contribution in [2.45, 2.75) is 32.8 Å². The number of nitrogens with two attached hydrogens (primary N) is 1. The molecule has 1 aromatic heterocycles. The minimum Gasteiger partial charge on any atom is -0.376 e. The molecule has 0 amide bonds. The third-order valence-electron chi connectivity index (χ3n) is 3.17. The number of hydrogen-bond donors (Lipinski definition) is 1. The van der Waals surface area contributed by atoms with Gasteiger partial charge in [0.1, 0.15) is 6.10 Å². The summed E-state index contributed by atoms with van der Waals surface area (Å²) in [4.78, 5) is 9.11. The molecule has 2 rings (SSSR count). The lowest BCUT2D eigenvalue weighted by Gasteiger charge is -2.22. The summed E-state index contributed by atoms with van der Waals surface area (Å²) in [5, 5.41) is 0. The fourth-order valence-corrected chi connectivity index (χ4v) is 2.19. The van der Waals surface area contributed by atoms with E-state index in [-0.39, 0.29) is 6.10 Å². The summed E-state index contributed by atoms with van der Waals surface area (Å²) >= 11 is 0. The fourth-order valence-electron chi connectivity index (χ4n) is 2.19. The van der Waals surface area contributed by atoms with Crippen LogP contribution in [0.5, 0.6) is 0 Å². The molecule has 18 heavy (non-hydrogen) atoms. The molecule has 0 spiro atoms. The van der Waals surface area contributed by atoms with Gasteiger partial charge in [0.15, 0.2) is 5.82 Å². The van der Waals surface area contributed by atoms with Crippen LogP contribution in [0, 0.1) is 13.8 Å². The van der Waals surface area contributed by atoms with Gasteiger partial charge < -0.3 is 15.2 Å². The van der Waals surface area contributed by atoms with E-state index in [9.17, 15) is 0 Å². The summed E-state index contributed by atoms with van der Waals surface area (Å²) in [6.45, 7) is 6.55. The molecule has 0 saturated carbocycles. The van der Waals surface area contributed by atoms with Crippen LogP contribution in [0.1, 0.15) is 35.3 Å². The minimum absolute atomic E-state index is 0.125. The van der Waals surface area contributed by atoms with Gasteiger partial charge in [-0.05, 0) is 38.8 Å². The Labute approximate surface area is 108 Å². The summed E-state index contributed by atoms with van der Waals surface area (Å²) in [6, 6.07) is 0. The topological polar surface area (TPSA) is 70.3 Å². The largest absolute Gasteiger partial charge is 0.376 e. The number of rotatable bonds is 4. The SMILES string of the molecule is Cc1nc(C2COCCO2)nc(C)c1CCCN. The lowest BCUT2D eigenvalue weighted by atomic mass is 10.1. The Morgan fingerprint density at radius 3 is 2.50 bits per heavy atom. The predicted molar refractivity (Wildman–Crippen MR) is 68.4 cm³/mol. The quantitative estimate of drug-likeness (QED) is 0.867. The van der Waals surface area contributed by atoms with E-state index in [1.807, 2.05) is 13.8 Å². The van der Waals surface area contributed by atoms with Gasteiger partial charge in [-0.2, -0.15) is 0 Å². The minimum atomic E-state index is -0.125. The maximum atomic E-state index is 5.62. The van der Waals surface area contributed by atoms with E-state index < -0.39 is 0 Å². The van der Waals surface area contributed by atoms with Crippen molar-refractivity contribution in [3.63, 3.8) is 0 Å². The second-order valence-electron chi connectivity index (χ2n) is 4.56. The van der Waals surface area contributed by atoms with Crippen molar-refractivity contribution in [3.8, 4) is 0 Å². The molecule has 0 aromatic carbocycles. The molecule has 2 heterocycles. The molecule has 5 heteroatoms. The number of hydrogen-bond acceptors (Lipinski definition) is 5. The summed E-state index contributed by atoms with van der Waals surface area (Å²) < 4.78 is 11.0. The third kappa shape index (κ3) is 3.04. The zero-order chi connectivity index (χ0) is 13.0. The predicted octanol–water partition coefficient (Wildman–Crippen LogP) is 1.07.